The molecule has 1 unspecified atom stereocenters. The van der Waals surface area contributed by atoms with E-state index in [2.05, 4.69) is 5.32 Å². The fourth-order valence-electron chi connectivity index (χ4n) is 1.79. The summed E-state index contributed by atoms with van der Waals surface area (Å²) in [5, 5.41) is 2.38. The summed E-state index contributed by atoms with van der Waals surface area (Å²) in [5.41, 5.74) is 5.00. The summed E-state index contributed by atoms with van der Waals surface area (Å²) in [6, 6.07) is 2.47. The maximum absolute atomic E-state index is 12.8. The number of amides is 2. The molecule has 0 saturated carbocycles. The van der Waals surface area contributed by atoms with Gasteiger partial charge in [0.25, 0.3) is 5.91 Å². The zero-order chi connectivity index (χ0) is 16.2. The Morgan fingerprint density at radius 2 is 1.95 bits per heavy atom. The summed E-state index contributed by atoms with van der Waals surface area (Å²) >= 11 is 0. The van der Waals surface area contributed by atoms with Crippen LogP contribution in [0, 0.1) is 0 Å². The SMILES string of the molecule is CC(CC(N)=O)NC(=O)c1cccc(C(F)(F)F)c1NN. The van der Waals surface area contributed by atoms with Crippen molar-refractivity contribution in [2.45, 2.75) is 25.6 Å². The Kier molecular flexibility index (Phi) is 5.14. The van der Waals surface area contributed by atoms with Crippen LogP contribution in [0.5, 0.6) is 0 Å². The molecule has 116 valence electrons. The third kappa shape index (κ3) is 4.35. The molecule has 0 bridgehead atoms. The number of benzene rings is 1. The number of nitrogen functional groups attached to an aromatic ring is 1. The molecule has 21 heavy (non-hydrogen) atoms. The number of carbonyl (C=O) groups is 2. The second kappa shape index (κ2) is 6.44. The van der Waals surface area contributed by atoms with E-state index in [1.807, 2.05) is 5.43 Å². The Hall–Kier alpha value is -2.29. The Morgan fingerprint density at radius 1 is 1.33 bits per heavy atom. The van der Waals surface area contributed by atoms with Crippen LogP contribution >= 0.6 is 0 Å². The highest BCUT2D eigenvalue weighted by Crippen LogP contribution is 2.36. The minimum Gasteiger partial charge on any atom is -0.370 e. The molecular formula is C12H15F3N4O2. The molecule has 6 N–H and O–H groups in total. The summed E-state index contributed by atoms with van der Waals surface area (Å²) in [6.45, 7) is 1.51. The Morgan fingerprint density at radius 3 is 2.43 bits per heavy atom. The molecule has 0 radical (unpaired) electrons. The van der Waals surface area contributed by atoms with E-state index in [0.717, 1.165) is 12.1 Å². The number of hydrogen-bond acceptors (Lipinski definition) is 4. The van der Waals surface area contributed by atoms with Crippen LogP contribution in [0.1, 0.15) is 29.3 Å². The Bertz CT molecular complexity index is 546. The van der Waals surface area contributed by atoms with Gasteiger partial charge in [0.05, 0.1) is 16.8 Å². The van der Waals surface area contributed by atoms with Crippen LogP contribution in [-0.2, 0) is 11.0 Å². The van der Waals surface area contributed by atoms with E-state index in [0.29, 0.717) is 0 Å². The maximum atomic E-state index is 12.8. The van der Waals surface area contributed by atoms with E-state index in [4.69, 9.17) is 11.6 Å². The quantitative estimate of drug-likeness (QED) is 0.480. The molecule has 0 aromatic heterocycles. The molecule has 9 heteroatoms. The molecule has 0 spiro atoms. The highest BCUT2D eigenvalue weighted by atomic mass is 19.4. The zero-order valence-corrected chi connectivity index (χ0v) is 11.1. The van der Waals surface area contributed by atoms with Gasteiger partial charge in [0.2, 0.25) is 5.91 Å². The lowest BCUT2D eigenvalue weighted by molar-refractivity contribution is -0.137. The van der Waals surface area contributed by atoms with Gasteiger partial charge < -0.3 is 16.5 Å². The van der Waals surface area contributed by atoms with Crippen LogP contribution in [0.25, 0.3) is 0 Å². The summed E-state index contributed by atoms with van der Waals surface area (Å²) in [7, 11) is 0. The lowest BCUT2D eigenvalue weighted by Crippen LogP contribution is -2.36. The van der Waals surface area contributed by atoms with Crippen LogP contribution in [0.4, 0.5) is 18.9 Å². The first-order chi connectivity index (χ1) is 9.66. The van der Waals surface area contributed by atoms with Gasteiger partial charge in [-0.05, 0) is 19.1 Å². The normalized spacial score (nSPS) is 12.6. The molecular weight excluding hydrogens is 289 g/mol. The first kappa shape index (κ1) is 16.8. The van der Waals surface area contributed by atoms with Crippen molar-refractivity contribution < 1.29 is 22.8 Å². The van der Waals surface area contributed by atoms with Crippen molar-refractivity contribution in [3.05, 3.63) is 29.3 Å². The number of hydrazine groups is 1. The lowest BCUT2D eigenvalue weighted by Gasteiger charge is -2.17. The van der Waals surface area contributed by atoms with Crippen molar-refractivity contribution >= 4 is 17.5 Å². The van der Waals surface area contributed by atoms with Crippen LogP contribution < -0.4 is 22.3 Å². The zero-order valence-electron chi connectivity index (χ0n) is 11.1. The molecule has 0 aliphatic heterocycles. The number of carbonyl (C=O) groups excluding carboxylic acids is 2. The third-order valence-corrected chi connectivity index (χ3v) is 2.64. The number of hydrogen-bond donors (Lipinski definition) is 4. The van der Waals surface area contributed by atoms with Crippen molar-refractivity contribution in [1.29, 1.82) is 0 Å². The maximum Gasteiger partial charge on any atom is 0.418 e. The molecule has 2 amide bonds. The molecule has 1 rings (SSSR count). The number of para-hydroxylation sites is 1. The highest BCUT2D eigenvalue weighted by molar-refractivity contribution is 6.00. The topological polar surface area (TPSA) is 110 Å². The van der Waals surface area contributed by atoms with Gasteiger partial charge in [0.1, 0.15) is 0 Å². The summed E-state index contributed by atoms with van der Waals surface area (Å²) in [5.74, 6) is 3.67. The number of nitrogens with one attached hydrogen (secondary N) is 2. The largest absolute Gasteiger partial charge is 0.418 e. The fourth-order valence-corrected chi connectivity index (χ4v) is 1.79. The Balaban J connectivity index is 3.08. The number of anilines is 1. The number of rotatable bonds is 5. The standard InChI is InChI=1S/C12H15F3N4O2/c1-6(5-9(16)20)18-11(21)7-3-2-4-8(10(7)19-17)12(13,14)15/h2-4,6,19H,5,17H2,1H3,(H2,16,20)(H,18,21). The van der Waals surface area contributed by atoms with Gasteiger partial charge in [-0.2, -0.15) is 13.2 Å². The number of alkyl halides is 3. The summed E-state index contributed by atoms with van der Waals surface area (Å²) in [4.78, 5) is 22.7. The van der Waals surface area contributed by atoms with E-state index in [9.17, 15) is 22.8 Å². The van der Waals surface area contributed by atoms with Gasteiger partial charge in [-0.3, -0.25) is 15.4 Å². The minimum absolute atomic E-state index is 0.129. The van der Waals surface area contributed by atoms with Gasteiger partial charge in [-0.1, -0.05) is 6.07 Å². The molecule has 0 aliphatic carbocycles. The highest BCUT2D eigenvalue weighted by Gasteiger charge is 2.35. The lowest BCUT2D eigenvalue weighted by atomic mass is 10.1. The fraction of sp³-hybridized carbons (Fsp3) is 0.333. The third-order valence-electron chi connectivity index (χ3n) is 2.64. The number of primary amides is 1. The summed E-state index contributed by atoms with van der Waals surface area (Å²) in [6.07, 6.45) is -4.78. The first-order valence-corrected chi connectivity index (χ1v) is 5.92. The van der Waals surface area contributed by atoms with E-state index >= 15 is 0 Å². The molecule has 0 saturated heterocycles. The average molecular weight is 304 g/mol. The summed E-state index contributed by atoms with van der Waals surface area (Å²) < 4.78 is 38.5. The van der Waals surface area contributed by atoms with Crippen molar-refractivity contribution in [3.8, 4) is 0 Å². The second-order valence-corrected chi connectivity index (χ2v) is 4.42. The number of halogens is 3. The molecule has 1 aromatic rings. The van der Waals surface area contributed by atoms with E-state index in [-0.39, 0.29) is 12.0 Å². The van der Waals surface area contributed by atoms with Crippen LogP contribution in [0.3, 0.4) is 0 Å². The van der Waals surface area contributed by atoms with E-state index in [1.54, 1.807) is 0 Å². The molecule has 0 fully saturated rings. The predicted octanol–water partition coefficient (Wildman–Crippen LogP) is 0.985. The van der Waals surface area contributed by atoms with Crippen LogP contribution in [0.15, 0.2) is 18.2 Å². The van der Waals surface area contributed by atoms with Gasteiger partial charge >= 0.3 is 6.18 Å². The van der Waals surface area contributed by atoms with Gasteiger partial charge in [-0.15, -0.1) is 0 Å². The molecule has 0 heterocycles. The van der Waals surface area contributed by atoms with E-state index in [1.165, 1.54) is 13.0 Å². The Labute approximate surface area is 118 Å². The monoisotopic (exact) mass is 304 g/mol. The first-order valence-electron chi connectivity index (χ1n) is 5.92. The number of nitrogens with two attached hydrogens (primary N) is 2. The van der Waals surface area contributed by atoms with Crippen molar-refractivity contribution in [2.75, 3.05) is 5.43 Å². The van der Waals surface area contributed by atoms with Crippen LogP contribution in [0.2, 0.25) is 0 Å². The van der Waals surface area contributed by atoms with Crippen molar-refractivity contribution in [2.24, 2.45) is 11.6 Å². The molecule has 6 nitrogen and oxygen atoms in total. The smallest absolute Gasteiger partial charge is 0.370 e. The van der Waals surface area contributed by atoms with Gasteiger partial charge in [0, 0.05) is 12.5 Å². The predicted molar refractivity (Wildman–Crippen MR) is 70.0 cm³/mol. The van der Waals surface area contributed by atoms with Crippen molar-refractivity contribution in [1.82, 2.24) is 5.32 Å². The van der Waals surface area contributed by atoms with Gasteiger partial charge in [-0.25, -0.2) is 0 Å². The van der Waals surface area contributed by atoms with Crippen molar-refractivity contribution in [3.63, 3.8) is 0 Å². The minimum atomic E-state index is -4.66. The molecule has 1 atom stereocenters. The van der Waals surface area contributed by atoms with Crippen LogP contribution in [-0.4, -0.2) is 17.9 Å². The van der Waals surface area contributed by atoms with E-state index < -0.39 is 35.3 Å². The molecule has 0 aliphatic rings. The molecule has 1 aromatic carbocycles. The average Bonchev–Trinajstić information content (AvgIpc) is 2.35. The second-order valence-electron chi connectivity index (χ2n) is 4.42. The van der Waals surface area contributed by atoms with Gasteiger partial charge in [0.15, 0.2) is 0 Å².